The summed E-state index contributed by atoms with van der Waals surface area (Å²) in [5.74, 6) is -0.255. The maximum absolute atomic E-state index is 12.0. The number of anilines is 1. The Morgan fingerprint density at radius 2 is 1.83 bits per heavy atom. The maximum atomic E-state index is 12.0. The number of nitrogens with zero attached hydrogens (tertiary/aromatic N) is 1. The zero-order valence-corrected chi connectivity index (χ0v) is 13.9. The van der Waals surface area contributed by atoms with E-state index in [-0.39, 0.29) is 11.8 Å². The fraction of sp³-hybridized carbons (Fsp3) is 0.222. The fourth-order valence-electron chi connectivity index (χ4n) is 2.19. The molecule has 0 heterocycles. The third-order valence-corrected chi connectivity index (χ3v) is 3.91. The van der Waals surface area contributed by atoms with Crippen molar-refractivity contribution in [2.75, 3.05) is 18.0 Å². The van der Waals surface area contributed by atoms with E-state index in [2.05, 4.69) is 5.32 Å². The number of benzene rings is 2. The Morgan fingerprint density at radius 1 is 1.13 bits per heavy atom. The van der Waals surface area contributed by atoms with E-state index >= 15 is 0 Å². The van der Waals surface area contributed by atoms with Gasteiger partial charge in [-0.25, -0.2) is 0 Å². The topological polar surface area (TPSA) is 49.4 Å². The van der Waals surface area contributed by atoms with E-state index in [4.69, 9.17) is 11.6 Å². The lowest BCUT2D eigenvalue weighted by molar-refractivity contribution is -0.116. The van der Waals surface area contributed by atoms with Gasteiger partial charge in [0.2, 0.25) is 5.91 Å². The van der Waals surface area contributed by atoms with Crippen molar-refractivity contribution in [1.29, 1.82) is 0 Å². The van der Waals surface area contributed by atoms with Gasteiger partial charge in [0.15, 0.2) is 0 Å². The van der Waals surface area contributed by atoms with Crippen molar-refractivity contribution in [2.45, 2.75) is 13.8 Å². The van der Waals surface area contributed by atoms with Crippen molar-refractivity contribution in [2.24, 2.45) is 0 Å². The first-order valence-corrected chi connectivity index (χ1v) is 7.74. The van der Waals surface area contributed by atoms with E-state index in [0.717, 1.165) is 11.3 Å². The number of nitrogens with one attached hydrogen (secondary N) is 1. The molecule has 0 saturated heterocycles. The van der Waals surface area contributed by atoms with Crippen LogP contribution >= 0.6 is 11.6 Å². The van der Waals surface area contributed by atoms with Crippen LogP contribution in [0.25, 0.3) is 0 Å². The number of hydrogen-bond acceptors (Lipinski definition) is 2. The largest absolute Gasteiger partial charge is 0.350 e. The van der Waals surface area contributed by atoms with Gasteiger partial charge in [0, 0.05) is 36.3 Å². The lowest BCUT2D eigenvalue weighted by Crippen LogP contribution is -2.37. The van der Waals surface area contributed by atoms with Crippen LogP contribution in [0.4, 0.5) is 5.69 Å². The zero-order chi connectivity index (χ0) is 16.8. The molecule has 2 aromatic rings. The van der Waals surface area contributed by atoms with Crippen LogP contribution in [0.2, 0.25) is 5.02 Å². The summed E-state index contributed by atoms with van der Waals surface area (Å²) in [4.78, 5) is 25.4. The summed E-state index contributed by atoms with van der Waals surface area (Å²) in [7, 11) is 0. The van der Waals surface area contributed by atoms with Crippen molar-refractivity contribution >= 4 is 29.1 Å². The van der Waals surface area contributed by atoms with Crippen LogP contribution in [0, 0.1) is 6.92 Å². The van der Waals surface area contributed by atoms with Gasteiger partial charge < -0.3 is 10.2 Å². The minimum absolute atomic E-state index is 0.0983. The van der Waals surface area contributed by atoms with E-state index < -0.39 is 0 Å². The molecular weight excluding hydrogens is 312 g/mol. The van der Waals surface area contributed by atoms with Gasteiger partial charge in [-0.1, -0.05) is 35.9 Å². The quantitative estimate of drug-likeness (QED) is 0.913. The zero-order valence-electron chi connectivity index (χ0n) is 13.2. The van der Waals surface area contributed by atoms with Crippen LogP contribution < -0.4 is 10.2 Å². The van der Waals surface area contributed by atoms with Crippen molar-refractivity contribution in [3.05, 3.63) is 64.7 Å². The Morgan fingerprint density at radius 3 is 2.43 bits per heavy atom. The summed E-state index contributed by atoms with van der Waals surface area (Å²) < 4.78 is 0. The smallest absolute Gasteiger partial charge is 0.251 e. The van der Waals surface area contributed by atoms with Gasteiger partial charge in [-0.3, -0.25) is 9.59 Å². The third kappa shape index (κ3) is 4.57. The SMILES string of the molecule is CC(=O)N(CCNC(=O)c1ccccc1)c1ccc(C)c(Cl)c1. The highest BCUT2D eigenvalue weighted by molar-refractivity contribution is 6.31. The molecule has 4 nitrogen and oxygen atoms in total. The number of amides is 2. The van der Waals surface area contributed by atoms with Crippen LogP contribution in [-0.2, 0) is 4.79 Å². The molecule has 0 bridgehead atoms. The van der Waals surface area contributed by atoms with Gasteiger partial charge in [0.25, 0.3) is 5.91 Å². The van der Waals surface area contributed by atoms with Crippen molar-refractivity contribution in [3.63, 3.8) is 0 Å². The second-order valence-electron chi connectivity index (χ2n) is 5.23. The van der Waals surface area contributed by atoms with Crippen molar-refractivity contribution in [1.82, 2.24) is 5.32 Å². The summed E-state index contributed by atoms with van der Waals surface area (Å²) in [5, 5.41) is 3.43. The van der Waals surface area contributed by atoms with Crippen molar-refractivity contribution in [3.8, 4) is 0 Å². The molecule has 1 N–H and O–H groups in total. The highest BCUT2D eigenvalue weighted by Gasteiger charge is 2.13. The molecule has 0 aliphatic carbocycles. The molecule has 0 saturated carbocycles. The number of hydrogen-bond donors (Lipinski definition) is 1. The number of carbonyl (C=O) groups excluding carboxylic acids is 2. The fourth-order valence-corrected chi connectivity index (χ4v) is 2.37. The molecule has 0 aliphatic rings. The molecule has 23 heavy (non-hydrogen) atoms. The van der Waals surface area contributed by atoms with Gasteiger partial charge in [0.05, 0.1) is 0 Å². The molecule has 2 amide bonds. The Balaban J connectivity index is 1.99. The average molecular weight is 331 g/mol. The Kier molecular flexibility index (Phi) is 5.77. The minimum atomic E-state index is -0.156. The summed E-state index contributed by atoms with van der Waals surface area (Å²) in [6.07, 6.45) is 0. The van der Waals surface area contributed by atoms with Crippen LogP contribution in [0.3, 0.4) is 0 Å². The molecule has 0 fully saturated rings. The Hall–Kier alpha value is -2.33. The molecule has 0 atom stereocenters. The Labute approximate surface area is 141 Å². The summed E-state index contributed by atoms with van der Waals surface area (Å²) >= 11 is 6.12. The third-order valence-electron chi connectivity index (χ3n) is 3.50. The molecule has 0 unspecified atom stereocenters. The van der Waals surface area contributed by atoms with E-state index in [1.165, 1.54) is 6.92 Å². The molecule has 5 heteroatoms. The number of rotatable bonds is 5. The molecular formula is C18H19ClN2O2. The second-order valence-corrected chi connectivity index (χ2v) is 5.63. The van der Waals surface area contributed by atoms with E-state index in [0.29, 0.717) is 23.7 Å². The monoisotopic (exact) mass is 330 g/mol. The first-order valence-electron chi connectivity index (χ1n) is 7.36. The van der Waals surface area contributed by atoms with Crippen LogP contribution in [0.1, 0.15) is 22.8 Å². The molecule has 2 rings (SSSR count). The molecule has 0 aliphatic heterocycles. The second kappa shape index (κ2) is 7.79. The molecule has 2 aromatic carbocycles. The lowest BCUT2D eigenvalue weighted by Gasteiger charge is -2.22. The number of aryl methyl sites for hydroxylation is 1. The first-order chi connectivity index (χ1) is 11.0. The van der Waals surface area contributed by atoms with Crippen LogP contribution in [0.5, 0.6) is 0 Å². The number of carbonyl (C=O) groups is 2. The van der Waals surface area contributed by atoms with Gasteiger partial charge in [-0.2, -0.15) is 0 Å². The number of halogens is 1. The van der Waals surface area contributed by atoms with Gasteiger partial charge in [-0.05, 0) is 36.8 Å². The standard InChI is InChI=1S/C18H19ClN2O2/c1-13-8-9-16(12-17(13)19)21(14(2)22)11-10-20-18(23)15-6-4-3-5-7-15/h3-9,12H,10-11H2,1-2H3,(H,20,23). The first kappa shape index (κ1) is 17.0. The van der Waals surface area contributed by atoms with Crippen LogP contribution in [0.15, 0.2) is 48.5 Å². The maximum Gasteiger partial charge on any atom is 0.251 e. The summed E-state index contributed by atoms with van der Waals surface area (Å²) in [6.45, 7) is 4.14. The van der Waals surface area contributed by atoms with Gasteiger partial charge >= 0.3 is 0 Å². The predicted molar refractivity (Wildman–Crippen MR) is 93.0 cm³/mol. The molecule has 120 valence electrons. The van der Waals surface area contributed by atoms with Gasteiger partial charge in [-0.15, -0.1) is 0 Å². The lowest BCUT2D eigenvalue weighted by atomic mass is 10.2. The Bertz CT molecular complexity index is 701. The highest BCUT2D eigenvalue weighted by Crippen LogP contribution is 2.23. The van der Waals surface area contributed by atoms with Crippen LogP contribution in [-0.4, -0.2) is 24.9 Å². The highest BCUT2D eigenvalue weighted by atomic mass is 35.5. The normalized spacial score (nSPS) is 10.2. The van der Waals surface area contributed by atoms with E-state index in [9.17, 15) is 9.59 Å². The summed E-state index contributed by atoms with van der Waals surface area (Å²) in [5.41, 5.74) is 2.28. The predicted octanol–water partition coefficient (Wildman–Crippen LogP) is 3.43. The molecule has 0 spiro atoms. The minimum Gasteiger partial charge on any atom is -0.350 e. The van der Waals surface area contributed by atoms with Gasteiger partial charge in [0.1, 0.15) is 0 Å². The van der Waals surface area contributed by atoms with E-state index in [1.807, 2.05) is 37.3 Å². The summed E-state index contributed by atoms with van der Waals surface area (Å²) in [6, 6.07) is 14.5. The van der Waals surface area contributed by atoms with E-state index in [1.54, 1.807) is 23.1 Å². The average Bonchev–Trinajstić information content (AvgIpc) is 2.54. The molecule has 0 aromatic heterocycles. The molecule has 0 radical (unpaired) electrons. The van der Waals surface area contributed by atoms with Crippen molar-refractivity contribution < 1.29 is 9.59 Å².